The van der Waals surface area contributed by atoms with Crippen molar-refractivity contribution in [3.8, 4) is 0 Å². The monoisotopic (exact) mass is 355 g/mol. The molecular weight excluding hydrogens is 330 g/mol. The zero-order valence-electron chi connectivity index (χ0n) is 14.6. The van der Waals surface area contributed by atoms with E-state index in [-0.39, 0.29) is 18.2 Å². The molecular formula is C14H25N7O4. The van der Waals surface area contributed by atoms with Crippen LogP contribution in [0.5, 0.6) is 0 Å². The number of urea groups is 1. The number of amides is 4. The Morgan fingerprint density at radius 3 is 2.32 bits per heavy atom. The summed E-state index contributed by atoms with van der Waals surface area (Å²) in [6, 6.07) is -2.27. The SMILES string of the molecule is CC(=O)[C@H](CCCNC(N)=O)NC(=O)[C@@H](NC(=O)CN=[N+]=[N-])C(C)C. The van der Waals surface area contributed by atoms with Crippen LogP contribution in [0.3, 0.4) is 0 Å². The summed E-state index contributed by atoms with van der Waals surface area (Å²) in [5, 5.41) is 10.6. The van der Waals surface area contributed by atoms with Crippen molar-refractivity contribution in [2.75, 3.05) is 13.1 Å². The van der Waals surface area contributed by atoms with Gasteiger partial charge in [0, 0.05) is 11.5 Å². The van der Waals surface area contributed by atoms with Gasteiger partial charge in [0.05, 0.1) is 6.04 Å². The lowest BCUT2D eigenvalue weighted by Crippen LogP contribution is -2.53. The number of carbonyl (C=O) groups excluding carboxylic acids is 4. The van der Waals surface area contributed by atoms with Gasteiger partial charge in [0.25, 0.3) is 0 Å². The van der Waals surface area contributed by atoms with E-state index in [0.717, 1.165) is 0 Å². The van der Waals surface area contributed by atoms with Gasteiger partial charge in [-0.15, -0.1) is 0 Å². The molecule has 0 unspecified atom stereocenters. The molecule has 5 N–H and O–H groups in total. The van der Waals surface area contributed by atoms with Crippen molar-refractivity contribution >= 4 is 23.6 Å². The summed E-state index contributed by atoms with van der Waals surface area (Å²) >= 11 is 0. The van der Waals surface area contributed by atoms with E-state index < -0.39 is 36.5 Å². The number of primary amides is 1. The van der Waals surface area contributed by atoms with Crippen molar-refractivity contribution in [2.45, 2.75) is 45.7 Å². The second-order valence-electron chi connectivity index (χ2n) is 5.78. The van der Waals surface area contributed by atoms with E-state index in [0.29, 0.717) is 12.8 Å². The minimum atomic E-state index is -0.869. The van der Waals surface area contributed by atoms with Gasteiger partial charge in [0.15, 0.2) is 5.78 Å². The van der Waals surface area contributed by atoms with Crippen LogP contribution in [0.15, 0.2) is 5.11 Å². The maximum atomic E-state index is 12.4. The molecule has 0 heterocycles. The topological polar surface area (TPSA) is 179 Å². The van der Waals surface area contributed by atoms with E-state index in [2.05, 4.69) is 26.0 Å². The largest absolute Gasteiger partial charge is 0.352 e. The number of Topliss-reactive ketones (excluding diaryl/α,β-unsaturated/α-hetero) is 1. The lowest BCUT2D eigenvalue weighted by atomic mass is 10.0. The number of nitrogens with one attached hydrogen (secondary N) is 3. The lowest BCUT2D eigenvalue weighted by Gasteiger charge is -2.24. The van der Waals surface area contributed by atoms with E-state index in [1.165, 1.54) is 6.92 Å². The fourth-order valence-corrected chi connectivity index (χ4v) is 2.01. The molecule has 140 valence electrons. The number of rotatable bonds is 11. The molecule has 4 amide bonds. The highest BCUT2D eigenvalue weighted by Gasteiger charge is 2.27. The summed E-state index contributed by atoms with van der Waals surface area (Å²) in [6.45, 7) is 4.68. The van der Waals surface area contributed by atoms with E-state index in [1.54, 1.807) is 13.8 Å². The van der Waals surface area contributed by atoms with Crippen molar-refractivity contribution in [2.24, 2.45) is 16.8 Å². The molecule has 2 atom stereocenters. The van der Waals surface area contributed by atoms with Gasteiger partial charge in [-0.3, -0.25) is 14.4 Å². The zero-order chi connectivity index (χ0) is 19.4. The van der Waals surface area contributed by atoms with Crippen LogP contribution in [0.4, 0.5) is 4.79 Å². The second kappa shape index (κ2) is 11.7. The van der Waals surface area contributed by atoms with Crippen molar-refractivity contribution in [3.63, 3.8) is 0 Å². The fourth-order valence-electron chi connectivity index (χ4n) is 2.01. The number of nitrogens with two attached hydrogens (primary N) is 1. The molecule has 11 nitrogen and oxygen atoms in total. The Bertz CT molecular complexity index is 543. The third-order valence-corrected chi connectivity index (χ3v) is 3.32. The molecule has 0 saturated heterocycles. The van der Waals surface area contributed by atoms with Crippen molar-refractivity contribution in [1.29, 1.82) is 0 Å². The van der Waals surface area contributed by atoms with Gasteiger partial charge >= 0.3 is 6.03 Å². The Hall–Kier alpha value is -2.81. The molecule has 0 aromatic rings. The summed E-state index contributed by atoms with van der Waals surface area (Å²) in [5.74, 6) is -1.57. The number of azide groups is 1. The Morgan fingerprint density at radius 1 is 1.20 bits per heavy atom. The van der Waals surface area contributed by atoms with Gasteiger partial charge in [0.2, 0.25) is 11.8 Å². The van der Waals surface area contributed by atoms with Crippen molar-refractivity contribution < 1.29 is 19.2 Å². The Labute approximate surface area is 145 Å². The third kappa shape index (κ3) is 9.82. The highest BCUT2D eigenvalue weighted by atomic mass is 16.2. The van der Waals surface area contributed by atoms with Gasteiger partial charge in [0.1, 0.15) is 12.6 Å². The molecule has 0 aromatic heterocycles. The number of nitrogens with zero attached hydrogens (tertiary/aromatic N) is 3. The Kier molecular flexibility index (Phi) is 10.4. The first-order chi connectivity index (χ1) is 11.7. The lowest BCUT2D eigenvalue weighted by molar-refractivity contribution is -0.131. The van der Waals surface area contributed by atoms with Crippen LogP contribution in [-0.2, 0) is 14.4 Å². The van der Waals surface area contributed by atoms with Crippen LogP contribution >= 0.6 is 0 Å². The number of hydrogen-bond donors (Lipinski definition) is 4. The third-order valence-electron chi connectivity index (χ3n) is 3.32. The van der Waals surface area contributed by atoms with Crippen molar-refractivity contribution in [1.82, 2.24) is 16.0 Å². The van der Waals surface area contributed by atoms with Gasteiger partial charge in [-0.05, 0) is 31.2 Å². The van der Waals surface area contributed by atoms with E-state index >= 15 is 0 Å². The maximum absolute atomic E-state index is 12.4. The average molecular weight is 355 g/mol. The molecule has 0 aliphatic heterocycles. The minimum absolute atomic E-state index is 0.237. The predicted octanol–water partition coefficient (Wildman–Crippen LogP) is -0.0402. The molecule has 0 rings (SSSR count). The number of ketones is 1. The second-order valence-corrected chi connectivity index (χ2v) is 5.78. The summed E-state index contributed by atoms with van der Waals surface area (Å²) in [6.07, 6.45) is 0.766. The summed E-state index contributed by atoms with van der Waals surface area (Å²) < 4.78 is 0. The van der Waals surface area contributed by atoms with Crippen LogP contribution in [0.25, 0.3) is 10.4 Å². The first kappa shape index (κ1) is 22.2. The fraction of sp³-hybridized carbons (Fsp3) is 0.714. The zero-order valence-corrected chi connectivity index (χ0v) is 14.6. The quantitative estimate of drug-likeness (QED) is 0.176. The average Bonchev–Trinajstić information content (AvgIpc) is 2.52. The number of hydrogen-bond acceptors (Lipinski definition) is 5. The van der Waals surface area contributed by atoms with Gasteiger partial charge < -0.3 is 21.7 Å². The molecule has 0 aromatic carbocycles. The molecule has 0 bridgehead atoms. The molecule has 0 radical (unpaired) electrons. The first-order valence-corrected chi connectivity index (χ1v) is 7.83. The Morgan fingerprint density at radius 2 is 1.84 bits per heavy atom. The molecule has 11 heteroatoms. The molecule has 0 fully saturated rings. The van der Waals surface area contributed by atoms with Crippen LogP contribution < -0.4 is 21.7 Å². The van der Waals surface area contributed by atoms with Gasteiger partial charge in [-0.2, -0.15) is 0 Å². The maximum Gasteiger partial charge on any atom is 0.312 e. The van der Waals surface area contributed by atoms with Gasteiger partial charge in [-0.25, -0.2) is 4.79 Å². The molecule has 0 spiro atoms. The summed E-state index contributed by atoms with van der Waals surface area (Å²) in [7, 11) is 0. The van der Waals surface area contributed by atoms with E-state index in [1.807, 2.05) is 0 Å². The van der Waals surface area contributed by atoms with Crippen LogP contribution in [0.2, 0.25) is 0 Å². The van der Waals surface area contributed by atoms with Crippen LogP contribution in [0.1, 0.15) is 33.6 Å². The normalized spacial score (nSPS) is 12.5. The van der Waals surface area contributed by atoms with Crippen LogP contribution in [0, 0.1) is 5.92 Å². The molecule has 0 saturated carbocycles. The summed E-state index contributed by atoms with van der Waals surface area (Å²) in [5.41, 5.74) is 13.2. The molecule has 25 heavy (non-hydrogen) atoms. The van der Waals surface area contributed by atoms with E-state index in [4.69, 9.17) is 11.3 Å². The Balaban J connectivity index is 4.74. The number of carbonyl (C=O) groups is 4. The van der Waals surface area contributed by atoms with Crippen molar-refractivity contribution in [3.05, 3.63) is 10.4 Å². The minimum Gasteiger partial charge on any atom is -0.352 e. The smallest absolute Gasteiger partial charge is 0.312 e. The predicted molar refractivity (Wildman–Crippen MR) is 90.2 cm³/mol. The summed E-state index contributed by atoms with van der Waals surface area (Å²) in [4.78, 5) is 48.8. The van der Waals surface area contributed by atoms with E-state index in [9.17, 15) is 19.2 Å². The standard InChI is InChI=1S/C14H25N7O4/c1-8(2)12(20-11(23)7-18-21-16)13(24)19-10(9(3)22)5-4-6-17-14(15)25/h8,10,12H,4-7H2,1-3H3,(H,19,24)(H,20,23)(H3,15,17,25)/t10-,12-/m0/s1. The highest BCUT2D eigenvalue weighted by Crippen LogP contribution is 2.05. The highest BCUT2D eigenvalue weighted by molar-refractivity contribution is 5.92. The molecule has 0 aliphatic carbocycles. The van der Waals surface area contributed by atoms with Gasteiger partial charge in [-0.1, -0.05) is 19.0 Å². The molecule has 0 aliphatic rings. The van der Waals surface area contributed by atoms with Crippen LogP contribution in [-0.4, -0.2) is 48.8 Å². The first-order valence-electron chi connectivity index (χ1n) is 7.83.